The lowest BCUT2D eigenvalue weighted by molar-refractivity contribution is 0.0520. The van der Waals surface area contributed by atoms with Gasteiger partial charge in [0, 0.05) is 22.0 Å². The van der Waals surface area contributed by atoms with Crippen molar-refractivity contribution < 1.29 is 13.9 Å². The molecule has 0 radical (unpaired) electrons. The Balaban J connectivity index is 1.83. The maximum absolute atomic E-state index is 12.2. The molecule has 23 heavy (non-hydrogen) atoms. The van der Waals surface area contributed by atoms with Crippen LogP contribution in [0, 0.1) is 11.3 Å². The molecule has 2 aromatic rings. The lowest BCUT2D eigenvalue weighted by Crippen LogP contribution is -2.10. The summed E-state index contributed by atoms with van der Waals surface area (Å²) in [7, 11) is 0. The first-order valence-electron chi connectivity index (χ1n) is 7.95. The predicted octanol–water partition coefficient (Wildman–Crippen LogP) is 4.68. The van der Waals surface area contributed by atoms with E-state index in [1.54, 1.807) is 0 Å². The van der Waals surface area contributed by atoms with Gasteiger partial charge in [0.15, 0.2) is 6.61 Å². The van der Waals surface area contributed by atoms with E-state index in [2.05, 4.69) is 0 Å². The summed E-state index contributed by atoms with van der Waals surface area (Å²) in [6.45, 7) is -0.259. The van der Waals surface area contributed by atoms with Crippen LogP contribution in [0.2, 0.25) is 0 Å². The maximum Gasteiger partial charge on any atom is 0.375 e. The van der Waals surface area contributed by atoms with Crippen LogP contribution in [0.15, 0.2) is 28.7 Å². The second-order valence-corrected chi connectivity index (χ2v) is 7.00. The standard InChI is InChI=1S/C18H19NO3S/c19-10-11-21-18(20)17-15(12-23-13-6-2-1-3-7-13)14-8-4-5-9-16(14)22-17/h4-5,8-9,13H,1-3,6-7,11-12H2. The molecular weight excluding hydrogens is 310 g/mol. The van der Waals surface area contributed by atoms with Gasteiger partial charge in [0.05, 0.1) is 0 Å². The van der Waals surface area contributed by atoms with Crippen molar-refractivity contribution in [3.05, 3.63) is 35.6 Å². The highest BCUT2D eigenvalue weighted by atomic mass is 32.2. The summed E-state index contributed by atoms with van der Waals surface area (Å²) >= 11 is 1.89. The molecule has 120 valence electrons. The predicted molar refractivity (Wildman–Crippen MR) is 90.3 cm³/mol. The number of thioether (sulfide) groups is 1. The normalized spacial score (nSPS) is 15.4. The van der Waals surface area contributed by atoms with Gasteiger partial charge in [-0.15, -0.1) is 0 Å². The molecule has 1 fully saturated rings. The minimum Gasteiger partial charge on any atom is -0.449 e. The number of esters is 1. The average Bonchev–Trinajstić information content (AvgIpc) is 2.97. The number of para-hydroxylation sites is 1. The molecule has 1 aromatic heterocycles. The lowest BCUT2D eigenvalue weighted by atomic mass is 10.0. The molecule has 5 heteroatoms. The van der Waals surface area contributed by atoms with Gasteiger partial charge in [0.25, 0.3) is 0 Å². The fourth-order valence-electron chi connectivity index (χ4n) is 3.00. The Kier molecular flexibility index (Phi) is 5.24. The van der Waals surface area contributed by atoms with E-state index in [0.717, 1.165) is 16.7 Å². The minimum absolute atomic E-state index is 0.241. The number of hydrogen-bond acceptors (Lipinski definition) is 5. The molecule has 0 saturated heterocycles. The Morgan fingerprint density at radius 1 is 1.30 bits per heavy atom. The van der Waals surface area contributed by atoms with E-state index in [1.165, 1.54) is 32.1 Å². The van der Waals surface area contributed by atoms with Crippen LogP contribution in [0.3, 0.4) is 0 Å². The fraction of sp³-hybridized carbons (Fsp3) is 0.444. The molecule has 1 heterocycles. The highest BCUT2D eigenvalue weighted by Crippen LogP contribution is 2.35. The van der Waals surface area contributed by atoms with Gasteiger partial charge >= 0.3 is 5.97 Å². The summed E-state index contributed by atoms with van der Waals surface area (Å²) in [4.78, 5) is 12.2. The van der Waals surface area contributed by atoms with E-state index in [4.69, 9.17) is 14.4 Å². The molecule has 0 unspecified atom stereocenters. The number of nitrogens with zero attached hydrogens (tertiary/aromatic N) is 1. The van der Waals surface area contributed by atoms with Gasteiger partial charge in [-0.05, 0) is 18.9 Å². The van der Waals surface area contributed by atoms with Gasteiger partial charge in [0.2, 0.25) is 5.76 Å². The number of carbonyl (C=O) groups is 1. The van der Waals surface area contributed by atoms with Crippen molar-refractivity contribution in [2.45, 2.75) is 43.1 Å². The van der Waals surface area contributed by atoms with Crippen molar-refractivity contribution in [3.8, 4) is 6.07 Å². The zero-order valence-corrected chi connectivity index (χ0v) is 13.7. The first-order valence-corrected chi connectivity index (χ1v) is 9.00. The molecular formula is C18H19NO3S. The van der Waals surface area contributed by atoms with Gasteiger partial charge in [-0.1, -0.05) is 37.5 Å². The van der Waals surface area contributed by atoms with Gasteiger partial charge < -0.3 is 9.15 Å². The second kappa shape index (κ2) is 7.56. The third kappa shape index (κ3) is 3.70. The number of carbonyl (C=O) groups excluding carboxylic acids is 1. The summed E-state index contributed by atoms with van der Waals surface area (Å²) < 4.78 is 10.6. The van der Waals surface area contributed by atoms with Crippen LogP contribution in [-0.4, -0.2) is 17.8 Å². The van der Waals surface area contributed by atoms with E-state index in [-0.39, 0.29) is 12.4 Å². The van der Waals surface area contributed by atoms with Crippen LogP contribution in [0.1, 0.15) is 48.2 Å². The van der Waals surface area contributed by atoms with Crippen molar-refractivity contribution in [1.82, 2.24) is 0 Å². The first kappa shape index (κ1) is 15.9. The maximum atomic E-state index is 12.2. The van der Waals surface area contributed by atoms with Gasteiger partial charge in [-0.2, -0.15) is 17.0 Å². The number of furan rings is 1. The van der Waals surface area contributed by atoms with Crippen LogP contribution in [-0.2, 0) is 10.5 Å². The molecule has 1 aromatic carbocycles. The molecule has 0 spiro atoms. The fourth-order valence-corrected chi connectivity index (χ4v) is 4.36. The second-order valence-electron chi connectivity index (χ2n) is 5.71. The number of ether oxygens (including phenoxy) is 1. The van der Waals surface area contributed by atoms with E-state index in [9.17, 15) is 4.79 Å². The molecule has 3 rings (SSSR count). The number of nitriles is 1. The summed E-state index contributed by atoms with van der Waals surface area (Å²) in [5.74, 6) is 0.422. The van der Waals surface area contributed by atoms with Crippen molar-refractivity contribution >= 4 is 28.7 Å². The summed E-state index contributed by atoms with van der Waals surface area (Å²) in [5.41, 5.74) is 1.58. The number of rotatable bonds is 5. The number of hydrogen-bond donors (Lipinski definition) is 0. The minimum atomic E-state index is -0.554. The third-order valence-corrected chi connectivity index (χ3v) is 5.57. The van der Waals surface area contributed by atoms with Crippen molar-refractivity contribution in [3.63, 3.8) is 0 Å². The molecule has 1 saturated carbocycles. The molecule has 1 aliphatic rings. The van der Waals surface area contributed by atoms with Crippen molar-refractivity contribution in [2.24, 2.45) is 0 Å². The van der Waals surface area contributed by atoms with E-state index < -0.39 is 5.97 Å². The van der Waals surface area contributed by atoms with Crippen molar-refractivity contribution in [1.29, 1.82) is 5.26 Å². The van der Waals surface area contributed by atoms with E-state index in [1.807, 2.05) is 42.1 Å². The first-order chi connectivity index (χ1) is 11.3. The summed E-state index contributed by atoms with van der Waals surface area (Å²) in [6, 6.07) is 9.46. The van der Waals surface area contributed by atoms with Crippen LogP contribution in [0.5, 0.6) is 0 Å². The quantitative estimate of drug-likeness (QED) is 0.745. The SMILES string of the molecule is N#CCOC(=O)c1oc2ccccc2c1CSC1CCCCC1. The zero-order valence-electron chi connectivity index (χ0n) is 12.9. The Hall–Kier alpha value is -1.93. The molecule has 4 nitrogen and oxygen atoms in total. The van der Waals surface area contributed by atoms with Crippen LogP contribution >= 0.6 is 11.8 Å². The molecule has 0 N–H and O–H groups in total. The number of benzene rings is 1. The zero-order chi connectivity index (χ0) is 16.1. The Bertz CT molecular complexity index is 725. The Morgan fingerprint density at radius 2 is 2.09 bits per heavy atom. The Labute approximate surface area is 139 Å². The van der Waals surface area contributed by atoms with E-state index in [0.29, 0.717) is 10.8 Å². The number of fused-ring (bicyclic) bond motifs is 1. The van der Waals surface area contributed by atoms with Gasteiger partial charge in [-0.25, -0.2) is 4.79 Å². The molecule has 0 aliphatic heterocycles. The molecule has 0 amide bonds. The van der Waals surface area contributed by atoms with Gasteiger partial charge in [0.1, 0.15) is 11.7 Å². The molecule has 1 aliphatic carbocycles. The van der Waals surface area contributed by atoms with Gasteiger partial charge in [-0.3, -0.25) is 0 Å². The lowest BCUT2D eigenvalue weighted by Gasteiger charge is -2.20. The largest absolute Gasteiger partial charge is 0.449 e. The van der Waals surface area contributed by atoms with Crippen LogP contribution in [0.25, 0.3) is 11.0 Å². The van der Waals surface area contributed by atoms with Crippen molar-refractivity contribution in [2.75, 3.05) is 6.61 Å². The monoisotopic (exact) mass is 329 g/mol. The highest BCUT2D eigenvalue weighted by molar-refractivity contribution is 7.99. The molecule has 0 bridgehead atoms. The van der Waals surface area contributed by atoms with Crippen LogP contribution in [0.4, 0.5) is 0 Å². The topological polar surface area (TPSA) is 63.2 Å². The van der Waals surface area contributed by atoms with Crippen LogP contribution < -0.4 is 0 Å². The highest BCUT2D eigenvalue weighted by Gasteiger charge is 2.23. The average molecular weight is 329 g/mol. The van der Waals surface area contributed by atoms with E-state index >= 15 is 0 Å². The summed E-state index contributed by atoms with van der Waals surface area (Å²) in [6.07, 6.45) is 6.41. The smallest absolute Gasteiger partial charge is 0.375 e. The summed E-state index contributed by atoms with van der Waals surface area (Å²) in [5, 5.41) is 10.2. The Morgan fingerprint density at radius 3 is 2.87 bits per heavy atom. The molecule has 0 atom stereocenters. The third-order valence-electron chi connectivity index (χ3n) is 4.17.